The zero-order valence-corrected chi connectivity index (χ0v) is 22.3. The molecule has 0 spiro atoms. The third-order valence-corrected chi connectivity index (χ3v) is 7.05. The van der Waals surface area contributed by atoms with Gasteiger partial charge in [0.25, 0.3) is 5.91 Å². The maximum atomic E-state index is 12.9. The molecule has 3 rings (SSSR count). The van der Waals surface area contributed by atoms with Gasteiger partial charge in [-0.25, -0.2) is 8.42 Å². The van der Waals surface area contributed by atoms with Crippen LogP contribution < -0.4 is 19.1 Å². The van der Waals surface area contributed by atoms with Crippen molar-refractivity contribution in [3.8, 4) is 11.5 Å². The summed E-state index contributed by atoms with van der Waals surface area (Å²) in [4.78, 5) is 12.9. The molecule has 0 aromatic heterocycles. The Balaban J connectivity index is 1.73. The van der Waals surface area contributed by atoms with Gasteiger partial charge < -0.3 is 14.8 Å². The SMILES string of the molecule is CCOc1ccc(N(Cc2ccc(C(=O)N[C@H](CC)c3ccc(OC)c(C)c3)cc2)S(C)(=O)=O)cc1. The van der Waals surface area contributed by atoms with Crippen LogP contribution in [0.3, 0.4) is 0 Å². The van der Waals surface area contributed by atoms with Crippen LogP contribution in [0.2, 0.25) is 0 Å². The fraction of sp³-hybridized carbons (Fsp3) is 0.321. The summed E-state index contributed by atoms with van der Waals surface area (Å²) in [5, 5.41) is 3.09. The van der Waals surface area contributed by atoms with E-state index in [9.17, 15) is 13.2 Å². The molecule has 0 aliphatic rings. The van der Waals surface area contributed by atoms with E-state index in [-0.39, 0.29) is 18.5 Å². The van der Waals surface area contributed by atoms with Gasteiger partial charge in [0, 0.05) is 5.56 Å². The molecule has 0 unspecified atom stereocenters. The molecule has 3 aromatic rings. The van der Waals surface area contributed by atoms with Gasteiger partial charge in [-0.3, -0.25) is 9.10 Å². The Morgan fingerprint density at radius 2 is 1.67 bits per heavy atom. The van der Waals surface area contributed by atoms with Crippen LogP contribution in [0, 0.1) is 6.92 Å². The molecule has 1 N–H and O–H groups in total. The number of ether oxygens (including phenoxy) is 2. The average Bonchev–Trinajstić information content (AvgIpc) is 2.86. The standard InChI is InChI=1S/C28H34N2O5S/c1-6-26(23-12-17-27(34-4)20(3)18-23)29-28(31)22-10-8-21(9-11-22)19-30(36(5,32)33)24-13-15-25(16-14-24)35-7-2/h8-18,26H,6-7,19H2,1-5H3,(H,29,31)/t26-/m1/s1. The van der Waals surface area contributed by atoms with Gasteiger partial charge in [0.05, 0.1) is 38.2 Å². The van der Waals surface area contributed by atoms with E-state index in [2.05, 4.69) is 5.32 Å². The predicted octanol–water partition coefficient (Wildman–Crippen LogP) is 5.25. The number of hydrogen-bond donors (Lipinski definition) is 1. The molecule has 0 saturated carbocycles. The summed E-state index contributed by atoms with van der Waals surface area (Å²) in [5.74, 6) is 1.30. The van der Waals surface area contributed by atoms with Gasteiger partial charge in [-0.05, 0) is 79.4 Å². The summed E-state index contributed by atoms with van der Waals surface area (Å²) in [6.07, 6.45) is 1.91. The number of aryl methyl sites for hydroxylation is 1. The van der Waals surface area contributed by atoms with Crippen molar-refractivity contribution in [2.75, 3.05) is 24.3 Å². The number of carbonyl (C=O) groups is 1. The largest absolute Gasteiger partial charge is 0.496 e. The number of amides is 1. The maximum Gasteiger partial charge on any atom is 0.251 e. The number of carbonyl (C=O) groups excluding carboxylic acids is 1. The Morgan fingerprint density at radius 1 is 1.00 bits per heavy atom. The zero-order valence-electron chi connectivity index (χ0n) is 21.4. The lowest BCUT2D eigenvalue weighted by Crippen LogP contribution is -2.29. The van der Waals surface area contributed by atoms with Crippen LogP contribution in [-0.2, 0) is 16.6 Å². The average molecular weight is 511 g/mol. The summed E-state index contributed by atoms with van der Waals surface area (Å²) in [6, 6.07) is 19.7. The lowest BCUT2D eigenvalue weighted by atomic mass is 10.0. The van der Waals surface area contributed by atoms with Crippen molar-refractivity contribution in [2.45, 2.75) is 39.8 Å². The molecule has 1 atom stereocenters. The molecule has 0 saturated heterocycles. The third-order valence-electron chi connectivity index (χ3n) is 5.91. The molecule has 36 heavy (non-hydrogen) atoms. The van der Waals surface area contributed by atoms with E-state index in [0.717, 1.165) is 28.9 Å². The second kappa shape index (κ2) is 11.9. The van der Waals surface area contributed by atoms with E-state index in [1.165, 1.54) is 10.6 Å². The molecule has 0 bridgehead atoms. The summed E-state index contributed by atoms with van der Waals surface area (Å²) in [6.45, 7) is 6.57. The van der Waals surface area contributed by atoms with Crippen LogP contribution in [0.25, 0.3) is 0 Å². The fourth-order valence-electron chi connectivity index (χ4n) is 3.98. The highest BCUT2D eigenvalue weighted by Crippen LogP contribution is 2.26. The quantitative estimate of drug-likeness (QED) is 0.381. The normalized spacial score (nSPS) is 12.0. The molecule has 0 fully saturated rings. The Bertz CT molecular complexity index is 1270. The lowest BCUT2D eigenvalue weighted by Gasteiger charge is -2.23. The second-order valence-corrected chi connectivity index (χ2v) is 10.5. The van der Waals surface area contributed by atoms with Crippen LogP contribution in [0.5, 0.6) is 11.5 Å². The van der Waals surface area contributed by atoms with Gasteiger partial charge in [0.2, 0.25) is 10.0 Å². The Morgan fingerprint density at radius 3 is 2.19 bits per heavy atom. The van der Waals surface area contributed by atoms with Gasteiger partial charge in [-0.15, -0.1) is 0 Å². The van der Waals surface area contributed by atoms with Crippen molar-refractivity contribution in [3.05, 3.63) is 89.0 Å². The Labute approximate surface area is 214 Å². The molecule has 3 aromatic carbocycles. The first-order valence-electron chi connectivity index (χ1n) is 11.9. The van der Waals surface area contributed by atoms with E-state index < -0.39 is 10.0 Å². The van der Waals surface area contributed by atoms with E-state index in [1.807, 2.05) is 39.0 Å². The first-order chi connectivity index (χ1) is 17.2. The zero-order chi connectivity index (χ0) is 26.3. The number of rotatable bonds is 11. The van der Waals surface area contributed by atoms with Crippen molar-refractivity contribution in [3.63, 3.8) is 0 Å². The van der Waals surface area contributed by atoms with E-state index in [4.69, 9.17) is 9.47 Å². The predicted molar refractivity (Wildman–Crippen MR) is 143 cm³/mol. The summed E-state index contributed by atoms with van der Waals surface area (Å²) >= 11 is 0. The van der Waals surface area contributed by atoms with E-state index in [1.54, 1.807) is 55.6 Å². The van der Waals surface area contributed by atoms with Crippen LogP contribution in [-0.4, -0.2) is 34.3 Å². The lowest BCUT2D eigenvalue weighted by molar-refractivity contribution is 0.0935. The van der Waals surface area contributed by atoms with Gasteiger partial charge in [0.15, 0.2) is 0 Å². The van der Waals surface area contributed by atoms with E-state index >= 15 is 0 Å². The van der Waals surface area contributed by atoms with Crippen molar-refractivity contribution < 1.29 is 22.7 Å². The highest BCUT2D eigenvalue weighted by Gasteiger charge is 2.19. The monoisotopic (exact) mass is 510 g/mol. The van der Waals surface area contributed by atoms with Crippen LogP contribution in [0.15, 0.2) is 66.7 Å². The van der Waals surface area contributed by atoms with Crippen LogP contribution in [0.4, 0.5) is 5.69 Å². The highest BCUT2D eigenvalue weighted by molar-refractivity contribution is 7.92. The molecule has 8 heteroatoms. The Kier molecular flexibility index (Phi) is 8.98. The molecule has 0 aliphatic heterocycles. The van der Waals surface area contributed by atoms with Gasteiger partial charge in [-0.1, -0.05) is 31.2 Å². The highest BCUT2D eigenvalue weighted by atomic mass is 32.2. The number of benzene rings is 3. The van der Waals surface area contributed by atoms with Gasteiger partial charge >= 0.3 is 0 Å². The first kappa shape index (κ1) is 27.1. The number of methoxy groups -OCH3 is 1. The molecule has 1 amide bonds. The summed E-state index contributed by atoms with van der Waals surface area (Å²) in [7, 11) is -1.89. The summed E-state index contributed by atoms with van der Waals surface area (Å²) in [5.41, 5.74) is 3.84. The van der Waals surface area contributed by atoms with Crippen molar-refractivity contribution >= 4 is 21.6 Å². The van der Waals surface area contributed by atoms with Crippen molar-refractivity contribution in [1.29, 1.82) is 0 Å². The molecule has 0 heterocycles. The minimum atomic E-state index is -3.52. The molecule has 0 aliphatic carbocycles. The van der Waals surface area contributed by atoms with E-state index in [0.29, 0.717) is 23.6 Å². The molecule has 0 radical (unpaired) electrons. The van der Waals surface area contributed by atoms with Crippen molar-refractivity contribution in [2.24, 2.45) is 0 Å². The molecular weight excluding hydrogens is 476 g/mol. The second-order valence-electron chi connectivity index (χ2n) is 8.56. The fourth-order valence-corrected chi connectivity index (χ4v) is 4.87. The first-order valence-corrected chi connectivity index (χ1v) is 13.8. The van der Waals surface area contributed by atoms with Crippen LogP contribution in [0.1, 0.15) is 53.4 Å². The number of hydrogen-bond acceptors (Lipinski definition) is 5. The number of nitrogens with one attached hydrogen (secondary N) is 1. The number of nitrogens with zero attached hydrogens (tertiary/aromatic N) is 1. The Hall–Kier alpha value is -3.52. The van der Waals surface area contributed by atoms with Crippen LogP contribution >= 0.6 is 0 Å². The van der Waals surface area contributed by atoms with Gasteiger partial charge in [0.1, 0.15) is 11.5 Å². The maximum absolute atomic E-state index is 12.9. The summed E-state index contributed by atoms with van der Waals surface area (Å²) < 4.78 is 37.1. The minimum Gasteiger partial charge on any atom is -0.496 e. The molecule has 192 valence electrons. The molecule has 7 nitrogen and oxygen atoms in total. The molecular formula is C28H34N2O5S. The van der Waals surface area contributed by atoms with Gasteiger partial charge in [-0.2, -0.15) is 0 Å². The third kappa shape index (κ3) is 6.79. The topological polar surface area (TPSA) is 84.9 Å². The van der Waals surface area contributed by atoms with Crippen molar-refractivity contribution in [1.82, 2.24) is 5.32 Å². The minimum absolute atomic E-state index is 0.137. The smallest absolute Gasteiger partial charge is 0.251 e. The number of anilines is 1. The number of sulfonamides is 1.